The zero-order chi connectivity index (χ0) is 8.69. The van der Waals surface area contributed by atoms with Crippen LogP contribution in [0.4, 0.5) is 0 Å². The Balaban J connectivity index is 3.17. The van der Waals surface area contributed by atoms with E-state index in [1.165, 1.54) is 10.8 Å². The number of aliphatic carboxylic acids is 1. The molecule has 66 valence electrons. The fraction of sp³-hybridized carbons (Fsp3) is 0.833. The molecule has 1 unspecified atom stereocenters. The molecule has 0 aromatic carbocycles. The number of rotatable bonds is 6. The van der Waals surface area contributed by atoms with Gasteiger partial charge in [0.25, 0.3) is 0 Å². The molecule has 0 bridgehead atoms. The lowest BCUT2D eigenvalue weighted by Gasteiger charge is -2.03. The smallest absolute Gasteiger partial charge is 0.321 e. The summed E-state index contributed by atoms with van der Waals surface area (Å²) in [6.45, 7) is 2.09. The van der Waals surface area contributed by atoms with Crippen LogP contribution in [0.2, 0.25) is 0 Å². The Labute approximate surface area is 74.5 Å². The molecule has 0 heterocycles. The van der Waals surface area contributed by atoms with Crippen LogP contribution in [-0.4, -0.2) is 28.6 Å². The predicted octanol–water partition coefficient (Wildman–Crippen LogP) is 1.19. The molecule has 0 aliphatic carbocycles. The van der Waals surface area contributed by atoms with Crippen LogP contribution in [0.15, 0.2) is 0 Å². The van der Waals surface area contributed by atoms with E-state index in [2.05, 4.69) is 6.92 Å². The Hall–Kier alpha value is 0.130. The molecule has 0 saturated heterocycles. The van der Waals surface area contributed by atoms with Gasteiger partial charge in [0.1, 0.15) is 6.04 Å². The summed E-state index contributed by atoms with van der Waals surface area (Å²) < 4.78 is 0. The SMILES string of the molecule is CCCSSCC(N)C(=O)O. The van der Waals surface area contributed by atoms with Crippen LogP contribution >= 0.6 is 21.6 Å². The van der Waals surface area contributed by atoms with E-state index in [1.807, 2.05) is 0 Å². The van der Waals surface area contributed by atoms with Crippen molar-refractivity contribution >= 4 is 27.6 Å². The molecule has 11 heavy (non-hydrogen) atoms. The summed E-state index contributed by atoms with van der Waals surface area (Å²) in [6.07, 6.45) is 1.11. The molecule has 3 N–H and O–H groups in total. The summed E-state index contributed by atoms with van der Waals surface area (Å²) in [7, 11) is 3.20. The second-order valence-corrected chi connectivity index (χ2v) is 4.68. The maximum absolute atomic E-state index is 10.2. The Morgan fingerprint density at radius 1 is 1.64 bits per heavy atom. The minimum absolute atomic E-state index is 0.486. The Morgan fingerprint density at radius 3 is 2.73 bits per heavy atom. The van der Waals surface area contributed by atoms with Crippen molar-refractivity contribution in [2.75, 3.05) is 11.5 Å². The summed E-state index contributed by atoms with van der Waals surface area (Å²) in [4.78, 5) is 10.2. The van der Waals surface area contributed by atoms with Crippen molar-refractivity contribution in [3.63, 3.8) is 0 Å². The molecule has 0 saturated carbocycles. The first-order valence-corrected chi connectivity index (χ1v) is 5.90. The number of nitrogens with two attached hydrogens (primary N) is 1. The monoisotopic (exact) mass is 195 g/mol. The molecule has 0 aromatic heterocycles. The third-order valence-corrected chi connectivity index (χ3v) is 3.58. The minimum atomic E-state index is -0.922. The van der Waals surface area contributed by atoms with Crippen LogP contribution < -0.4 is 5.73 Å². The Morgan fingerprint density at radius 2 is 2.27 bits per heavy atom. The zero-order valence-electron chi connectivity index (χ0n) is 6.45. The van der Waals surface area contributed by atoms with Gasteiger partial charge in [0.2, 0.25) is 0 Å². The van der Waals surface area contributed by atoms with E-state index in [0.29, 0.717) is 5.75 Å². The average molecular weight is 195 g/mol. The van der Waals surface area contributed by atoms with Crippen molar-refractivity contribution in [1.82, 2.24) is 0 Å². The minimum Gasteiger partial charge on any atom is -0.480 e. The second-order valence-electron chi connectivity index (χ2n) is 2.05. The summed E-state index contributed by atoms with van der Waals surface area (Å²) in [6, 6.07) is -0.718. The molecule has 0 aliphatic heterocycles. The van der Waals surface area contributed by atoms with Crippen LogP contribution in [0.5, 0.6) is 0 Å². The van der Waals surface area contributed by atoms with Crippen molar-refractivity contribution in [3.8, 4) is 0 Å². The van der Waals surface area contributed by atoms with Gasteiger partial charge in [0.15, 0.2) is 0 Å². The van der Waals surface area contributed by atoms with Gasteiger partial charge < -0.3 is 10.8 Å². The van der Waals surface area contributed by atoms with Gasteiger partial charge in [-0.15, -0.1) is 0 Å². The summed E-state index contributed by atoms with van der Waals surface area (Å²) in [5, 5.41) is 8.39. The zero-order valence-corrected chi connectivity index (χ0v) is 8.08. The van der Waals surface area contributed by atoms with E-state index in [0.717, 1.165) is 12.2 Å². The van der Waals surface area contributed by atoms with E-state index >= 15 is 0 Å². The highest BCUT2D eigenvalue weighted by atomic mass is 33.1. The molecule has 0 aromatic rings. The van der Waals surface area contributed by atoms with Gasteiger partial charge >= 0.3 is 5.97 Å². The van der Waals surface area contributed by atoms with E-state index in [-0.39, 0.29) is 0 Å². The topological polar surface area (TPSA) is 63.3 Å². The molecule has 0 fully saturated rings. The number of carboxylic acids is 1. The van der Waals surface area contributed by atoms with Crippen molar-refractivity contribution in [3.05, 3.63) is 0 Å². The lowest BCUT2D eigenvalue weighted by atomic mass is 10.4. The molecule has 0 rings (SSSR count). The molecular weight excluding hydrogens is 182 g/mol. The second kappa shape index (κ2) is 6.82. The maximum atomic E-state index is 10.2. The first kappa shape index (κ1) is 11.1. The number of hydrogen-bond acceptors (Lipinski definition) is 4. The molecule has 0 spiro atoms. The quantitative estimate of drug-likeness (QED) is 0.492. The predicted molar refractivity (Wildman–Crippen MR) is 50.8 cm³/mol. The van der Waals surface area contributed by atoms with E-state index in [4.69, 9.17) is 10.8 Å². The van der Waals surface area contributed by atoms with E-state index < -0.39 is 12.0 Å². The lowest BCUT2D eigenvalue weighted by Crippen LogP contribution is -2.32. The van der Waals surface area contributed by atoms with Gasteiger partial charge in [0.05, 0.1) is 0 Å². The number of carbonyl (C=O) groups is 1. The van der Waals surface area contributed by atoms with Gasteiger partial charge in [-0.3, -0.25) is 4.79 Å². The highest BCUT2D eigenvalue weighted by Crippen LogP contribution is 2.21. The molecule has 0 aliphatic rings. The first-order chi connectivity index (χ1) is 5.18. The summed E-state index contributed by atoms with van der Waals surface area (Å²) >= 11 is 0. The molecule has 5 heteroatoms. The highest BCUT2D eigenvalue weighted by Gasteiger charge is 2.10. The van der Waals surface area contributed by atoms with Crippen LogP contribution in [0.3, 0.4) is 0 Å². The third-order valence-electron chi connectivity index (χ3n) is 0.936. The normalized spacial score (nSPS) is 12.9. The van der Waals surface area contributed by atoms with Crippen LogP contribution in [-0.2, 0) is 4.79 Å². The van der Waals surface area contributed by atoms with E-state index in [9.17, 15) is 4.79 Å². The van der Waals surface area contributed by atoms with Gasteiger partial charge in [0, 0.05) is 11.5 Å². The fourth-order valence-electron chi connectivity index (χ4n) is 0.335. The van der Waals surface area contributed by atoms with Crippen molar-refractivity contribution < 1.29 is 9.90 Å². The van der Waals surface area contributed by atoms with Crippen LogP contribution in [0.1, 0.15) is 13.3 Å². The van der Waals surface area contributed by atoms with Crippen molar-refractivity contribution in [2.24, 2.45) is 5.73 Å². The highest BCUT2D eigenvalue weighted by molar-refractivity contribution is 8.76. The first-order valence-electron chi connectivity index (χ1n) is 3.41. The molecule has 3 nitrogen and oxygen atoms in total. The van der Waals surface area contributed by atoms with Gasteiger partial charge in [-0.2, -0.15) is 0 Å². The molecule has 0 radical (unpaired) electrons. The van der Waals surface area contributed by atoms with Crippen molar-refractivity contribution in [1.29, 1.82) is 0 Å². The summed E-state index contributed by atoms with van der Waals surface area (Å²) in [5.41, 5.74) is 5.27. The lowest BCUT2D eigenvalue weighted by molar-refractivity contribution is -0.137. The average Bonchev–Trinajstić information content (AvgIpc) is 1.97. The third kappa shape index (κ3) is 6.52. The Bertz CT molecular complexity index is 121. The van der Waals surface area contributed by atoms with Gasteiger partial charge in [-0.05, 0) is 6.42 Å². The summed E-state index contributed by atoms with van der Waals surface area (Å²) in [5.74, 6) is 0.617. The van der Waals surface area contributed by atoms with Crippen molar-refractivity contribution in [2.45, 2.75) is 19.4 Å². The Kier molecular flexibility index (Phi) is 6.90. The van der Waals surface area contributed by atoms with Crippen LogP contribution in [0.25, 0.3) is 0 Å². The number of carboxylic acid groups (broad SMARTS) is 1. The molecule has 1 atom stereocenters. The molecule has 0 amide bonds. The van der Waals surface area contributed by atoms with Gasteiger partial charge in [-0.1, -0.05) is 28.5 Å². The standard InChI is InChI=1S/C6H13NO2S2/c1-2-3-10-11-4-5(7)6(8)9/h5H,2-4,7H2,1H3,(H,8,9). The maximum Gasteiger partial charge on any atom is 0.321 e. The van der Waals surface area contributed by atoms with E-state index in [1.54, 1.807) is 10.8 Å². The van der Waals surface area contributed by atoms with Gasteiger partial charge in [-0.25, -0.2) is 0 Å². The van der Waals surface area contributed by atoms with Crippen LogP contribution in [0, 0.1) is 0 Å². The molecular formula is C6H13NO2S2. The largest absolute Gasteiger partial charge is 0.480 e. The fourth-order valence-corrected chi connectivity index (χ4v) is 2.59. The number of hydrogen-bond donors (Lipinski definition) is 2.